The van der Waals surface area contributed by atoms with Crippen LogP contribution in [0.25, 0.3) is 0 Å². The van der Waals surface area contributed by atoms with Gasteiger partial charge < -0.3 is 9.47 Å². The average Bonchev–Trinajstić information content (AvgIpc) is 2.78. The molecule has 3 aliphatic rings. The molecule has 0 unspecified atom stereocenters. The summed E-state index contributed by atoms with van der Waals surface area (Å²) in [4.78, 5) is 11.8. The Morgan fingerprint density at radius 1 is 1.25 bits per heavy atom. The van der Waals surface area contributed by atoms with Gasteiger partial charge in [0.25, 0.3) is 0 Å². The van der Waals surface area contributed by atoms with Crippen LogP contribution in [0.5, 0.6) is 0 Å². The van der Waals surface area contributed by atoms with E-state index in [1.165, 1.54) is 6.42 Å². The molecule has 16 heavy (non-hydrogen) atoms. The molecule has 3 rings (SSSR count). The third kappa shape index (κ3) is 1.45. The van der Waals surface area contributed by atoms with Crippen molar-refractivity contribution in [3.05, 3.63) is 12.7 Å². The summed E-state index contributed by atoms with van der Waals surface area (Å²) in [5, 5.41) is 0. The highest BCUT2D eigenvalue weighted by Gasteiger charge is 2.56. The van der Waals surface area contributed by atoms with Gasteiger partial charge in [0.2, 0.25) is 0 Å². The molecule has 2 aliphatic carbocycles. The number of fused-ring (bicyclic) bond motifs is 1. The van der Waals surface area contributed by atoms with Crippen molar-refractivity contribution in [1.82, 2.24) is 0 Å². The highest BCUT2D eigenvalue weighted by atomic mass is 16.8. The number of hydrogen-bond donors (Lipinski definition) is 0. The Labute approximate surface area is 95.8 Å². The van der Waals surface area contributed by atoms with Crippen molar-refractivity contribution < 1.29 is 14.3 Å². The van der Waals surface area contributed by atoms with Gasteiger partial charge in [-0.05, 0) is 12.8 Å². The van der Waals surface area contributed by atoms with Crippen LogP contribution in [0.1, 0.15) is 38.5 Å². The molecular weight excluding hydrogens is 204 g/mol. The average molecular weight is 222 g/mol. The lowest BCUT2D eigenvalue weighted by Crippen LogP contribution is -2.35. The number of Topliss-reactive ketones (excluding diaryl/α,β-unsaturated/α-hetero) is 1. The molecule has 0 radical (unpaired) electrons. The van der Waals surface area contributed by atoms with Crippen LogP contribution < -0.4 is 0 Å². The minimum atomic E-state index is -0.440. The zero-order valence-corrected chi connectivity index (χ0v) is 9.48. The lowest BCUT2D eigenvalue weighted by molar-refractivity contribution is -0.200. The molecule has 1 saturated heterocycles. The fourth-order valence-corrected chi connectivity index (χ4v) is 3.21. The fourth-order valence-electron chi connectivity index (χ4n) is 3.21. The number of carbonyl (C=O) groups is 1. The Balaban J connectivity index is 1.81. The molecular formula is C13H18O3. The highest BCUT2D eigenvalue weighted by molar-refractivity contribution is 5.87. The number of hydrogen-bond acceptors (Lipinski definition) is 3. The van der Waals surface area contributed by atoms with Gasteiger partial charge in [-0.25, -0.2) is 0 Å². The first-order valence-electron chi connectivity index (χ1n) is 6.25. The summed E-state index contributed by atoms with van der Waals surface area (Å²) in [5.41, 5.74) is 0. The molecule has 3 heteroatoms. The van der Waals surface area contributed by atoms with Crippen LogP contribution >= 0.6 is 0 Å². The smallest absolute Gasteiger partial charge is 0.169 e. The van der Waals surface area contributed by atoms with E-state index >= 15 is 0 Å². The van der Waals surface area contributed by atoms with Gasteiger partial charge in [0.05, 0.1) is 0 Å². The molecule has 0 aromatic heterocycles. The van der Waals surface area contributed by atoms with Crippen LogP contribution in [-0.4, -0.2) is 23.8 Å². The van der Waals surface area contributed by atoms with Crippen molar-refractivity contribution in [2.75, 3.05) is 0 Å². The maximum absolute atomic E-state index is 11.8. The molecule has 1 heterocycles. The second-order valence-electron chi connectivity index (χ2n) is 5.16. The molecule has 3 nitrogen and oxygen atoms in total. The van der Waals surface area contributed by atoms with Gasteiger partial charge in [-0.2, -0.15) is 0 Å². The van der Waals surface area contributed by atoms with E-state index in [-0.39, 0.29) is 23.9 Å². The molecule has 0 N–H and O–H groups in total. The van der Waals surface area contributed by atoms with Gasteiger partial charge in [-0.3, -0.25) is 4.79 Å². The van der Waals surface area contributed by atoms with E-state index in [1.54, 1.807) is 0 Å². The van der Waals surface area contributed by atoms with Crippen LogP contribution in [0.2, 0.25) is 0 Å². The quantitative estimate of drug-likeness (QED) is 0.638. The largest absolute Gasteiger partial charge is 0.343 e. The minimum absolute atomic E-state index is 0.0666. The predicted molar refractivity (Wildman–Crippen MR) is 58.9 cm³/mol. The molecule has 0 aromatic rings. The van der Waals surface area contributed by atoms with Crippen molar-refractivity contribution in [2.45, 2.75) is 56.5 Å². The lowest BCUT2D eigenvalue weighted by Gasteiger charge is -2.32. The van der Waals surface area contributed by atoms with Crippen molar-refractivity contribution in [3.63, 3.8) is 0 Å². The van der Waals surface area contributed by atoms with Crippen molar-refractivity contribution in [3.8, 4) is 0 Å². The Bertz CT molecular complexity index is 317. The van der Waals surface area contributed by atoms with E-state index in [9.17, 15) is 4.79 Å². The van der Waals surface area contributed by atoms with E-state index < -0.39 is 5.79 Å². The minimum Gasteiger partial charge on any atom is -0.343 e. The highest BCUT2D eigenvalue weighted by Crippen LogP contribution is 2.46. The van der Waals surface area contributed by atoms with E-state index in [0.717, 1.165) is 25.7 Å². The molecule has 0 bridgehead atoms. The number of ether oxygens (including phenoxy) is 2. The Morgan fingerprint density at radius 3 is 2.69 bits per heavy atom. The van der Waals surface area contributed by atoms with E-state index in [4.69, 9.17) is 9.47 Å². The summed E-state index contributed by atoms with van der Waals surface area (Å²) in [6, 6.07) is 0. The van der Waals surface area contributed by atoms with Gasteiger partial charge in [-0.15, -0.1) is 6.58 Å². The third-order valence-corrected chi connectivity index (χ3v) is 4.09. The maximum atomic E-state index is 11.8. The van der Waals surface area contributed by atoms with Crippen molar-refractivity contribution >= 4 is 5.78 Å². The van der Waals surface area contributed by atoms with Crippen LogP contribution in [-0.2, 0) is 14.3 Å². The SMILES string of the molecule is C=C[C@H]1CC(=O)[C@@H]2OC3(CCCCC3)O[C@H]12. The molecule has 2 saturated carbocycles. The summed E-state index contributed by atoms with van der Waals surface area (Å²) >= 11 is 0. The monoisotopic (exact) mass is 222 g/mol. The van der Waals surface area contributed by atoms with E-state index in [1.807, 2.05) is 6.08 Å². The van der Waals surface area contributed by atoms with Crippen molar-refractivity contribution in [2.24, 2.45) is 5.92 Å². The summed E-state index contributed by atoms with van der Waals surface area (Å²) in [6.45, 7) is 3.78. The molecule has 1 spiro atoms. The van der Waals surface area contributed by atoms with Crippen molar-refractivity contribution in [1.29, 1.82) is 0 Å². The Hall–Kier alpha value is -0.670. The summed E-state index contributed by atoms with van der Waals surface area (Å²) < 4.78 is 12.0. The molecule has 3 atom stereocenters. The molecule has 1 aliphatic heterocycles. The van der Waals surface area contributed by atoms with Crippen LogP contribution in [0, 0.1) is 5.92 Å². The zero-order valence-electron chi connectivity index (χ0n) is 9.48. The third-order valence-electron chi connectivity index (χ3n) is 4.09. The predicted octanol–water partition coefficient (Wildman–Crippen LogP) is 2.21. The van der Waals surface area contributed by atoms with Crippen LogP contribution in [0.15, 0.2) is 12.7 Å². The standard InChI is InChI=1S/C13H18O3/c1-2-9-8-10(14)12-11(9)15-13(16-12)6-4-3-5-7-13/h2,9,11-12H,1,3-8H2/t9-,11+,12-/m0/s1. The van der Waals surface area contributed by atoms with Gasteiger partial charge in [0.15, 0.2) is 11.6 Å². The van der Waals surface area contributed by atoms with Crippen LogP contribution in [0.4, 0.5) is 0 Å². The normalized spacial score (nSPS) is 41.2. The Kier molecular flexibility index (Phi) is 2.41. The van der Waals surface area contributed by atoms with Gasteiger partial charge in [0, 0.05) is 25.2 Å². The van der Waals surface area contributed by atoms with E-state index in [2.05, 4.69) is 6.58 Å². The summed E-state index contributed by atoms with van der Waals surface area (Å²) in [6.07, 6.45) is 7.42. The molecule has 88 valence electrons. The molecule has 0 amide bonds. The first-order chi connectivity index (χ1) is 7.74. The molecule has 0 aromatic carbocycles. The topological polar surface area (TPSA) is 35.5 Å². The fraction of sp³-hybridized carbons (Fsp3) is 0.769. The number of carbonyl (C=O) groups excluding carboxylic acids is 1. The van der Waals surface area contributed by atoms with E-state index in [0.29, 0.717) is 6.42 Å². The second-order valence-corrected chi connectivity index (χ2v) is 5.16. The maximum Gasteiger partial charge on any atom is 0.169 e. The van der Waals surface area contributed by atoms with Gasteiger partial charge in [-0.1, -0.05) is 12.5 Å². The first kappa shape index (κ1) is 10.5. The Morgan fingerprint density at radius 2 is 2.00 bits per heavy atom. The number of ketones is 1. The molecule has 3 fully saturated rings. The second kappa shape index (κ2) is 3.67. The van der Waals surface area contributed by atoms with Gasteiger partial charge in [0.1, 0.15) is 12.2 Å². The first-order valence-corrected chi connectivity index (χ1v) is 6.25. The summed E-state index contributed by atoms with van der Waals surface area (Å²) in [7, 11) is 0. The summed E-state index contributed by atoms with van der Waals surface area (Å²) in [5.74, 6) is -0.0959. The lowest BCUT2D eigenvalue weighted by atomic mass is 9.94. The van der Waals surface area contributed by atoms with Crippen LogP contribution in [0.3, 0.4) is 0 Å². The zero-order chi connectivity index (χ0) is 11.2. The van der Waals surface area contributed by atoms with Gasteiger partial charge >= 0.3 is 0 Å². The number of rotatable bonds is 1.